The van der Waals surface area contributed by atoms with E-state index in [-0.39, 0.29) is 0 Å². The summed E-state index contributed by atoms with van der Waals surface area (Å²) in [6.07, 6.45) is 3.84. The second-order valence-corrected chi connectivity index (χ2v) is 3.19. The molecule has 3 heteroatoms. The molecule has 0 saturated heterocycles. The van der Waals surface area contributed by atoms with E-state index in [1.807, 2.05) is 31.2 Å². The first-order valence-corrected chi connectivity index (χ1v) is 4.82. The van der Waals surface area contributed by atoms with Crippen LogP contribution in [0.3, 0.4) is 0 Å². The van der Waals surface area contributed by atoms with Gasteiger partial charge in [-0.2, -0.15) is 0 Å². The van der Waals surface area contributed by atoms with E-state index in [4.69, 9.17) is 15.2 Å². The lowest BCUT2D eigenvalue weighted by Crippen LogP contribution is -1.94. The number of hydrogen-bond acceptors (Lipinski definition) is 3. The standard InChI is InChI=1S/C12H17NO2/c1-9-11(14-2)7-10(5-4-6-13)8-12(9)15-3/h4-5,7-8H,6,13H2,1-3H3/b5-4+. The molecule has 0 spiro atoms. The highest BCUT2D eigenvalue weighted by Crippen LogP contribution is 2.29. The lowest BCUT2D eigenvalue weighted by atomic mass is 10.1. The summed E-state index contributed by atoms with van der Waals surface area (Å²) >= 11 is 0. The molecule has 15 heavy (non-hydrogen) atoms. The van der Waals surface area contributed by atoms with Gasteiger partial charge < -0.3 is 15.2 Å². The number of rotatable bonds is 4. The molecule has 0 saturated carbocycles. The van der Waals surface area contributed by atoms with Gasteiger partial charge in [-0.1, -0.05) is 12.2 Å². The molecule has 1 rings (SSSR count). The molecule has 1 aromatic carbocycles. The molecule has 0 fully saturated rings. The maximum Gasteiger partial charge on any atom is 0.126 e. The lowest BCUT2D eigenvalue weighted by molar-refractivity contribution is 0.388. The fourth-order valence-electron chi connectivity index (χ4n) is 1.41. The first-order valence-electron chi connectivity index (χ1n) is 4.82. The Morgan fingerprint density at radius 3 is 2.13 bits per heavy atom. The van der Waals surface area contributed by atoms with Crippen LogP contribution >= 0.6 is 0 Å². The van der Waals surface area contributed by atoms with E-state index in [9.17, 15) is 0 Å². The van der Waals surface area contributed by atoms with Crippen molar-refractivity contribution in [2.75, 3.05) is 20.8 Å². The first-order chi connectivity index (χ1) is 7.22. The summed E-state index contributed by atoms with van der Waals surface area (Å²) in [7, 11) is 3.30. The van der Waals surface area contributed by atoms with E-state index in [1.165, 1.54) is 0 Å². The average molecular weight is 207 g/mol. The van der Waals surface area contributed by atoms with Crippen LogP contribution in [0.1, 0.15) is 11.1 Å². The van der Waals surface area contributed by atoms with E-state index in [2.05, 4.69) is 0 Å². The van der Waals surface area contributed by atoms with Crippen LogP contribution in [-0.4, -0.2) is 20.8 Å². The Bertz CT molecular complexity index is 334. The van der Waals surface area contributed by atoms with Crippen LogP contribution in [0.4, 0.5) is 0 Å². The number of ether oxygens (including phenoxy) is 2. The Hall–Kier alpha value is -1.48. The van der Waals surface area contributed by atoms with Crippen molar-refractivity contribution in [1.82, 2.24) is 0 Å². The highest BCUT2D eigenvalue weighted by molar-refractivity contribution is 5.58. The maximum absolute atomic E-state index is 5.40. The monoisotopic (exact) mass is 207 g/mol. The molecule has 0 heterocycles. The van der Waals surface area contributed by atoms with Crippen LogP contribution in [-0.2, 0) is 0 Å². The van der Waals surface area contributed by atoms with Crippen LogP contribution in [0.5, 0.6) is 11.5 Å². The first kappa shape index (κ1) is 11.6. The Morgan fingerprint density at radius 1 is 1.20 bits per heavy atom. The summed E-state index contributed by atoms with van der Waals surface area (Å²) in [6.45, 7) is 2.49. The van der Waals surface area contributed by atoms with Crippen molar-refractivity contribution in [3.05, 3.63) is 29.3 Å². The molecule has 0 aliphatic rings. The molecule has 3 nitrogen and oxygen atoms in total. The molecule has 0 aromatic heterocycles. The van der Waals surface area contributed by atoms with E-state index in [0.717, 1.165) is 22.6 Å². The molecule has 0 radical (unpaired) electrons. The molecular weight excluding hydrogens is 190 g/mol. The lowest BCUT2D eigenvalue weighted by Gasteiger charge is -2.10. The van der Waals surface area contributed by atoms with Crippen molar-refractivity contribution >= 4 is 6.08 Å². The summed E-state index contributed by atoms with van der Waals surface area (Å²) in [6, 6.07) is 3.92. The van der Waals surface area contributed by atoms with Gasteiger partial charge in [0.05, 0.1) is 14.2 Å². The molecule has 0 unspecified atom stereocenters. The Balaban J connectivity index is 3.14. The van der Waals surface area contributed by atoms with Crippen molar-refractivity contribution < 1.29 is 9.47 Å². The summed E-state index contributed by atoms with van der Waals surface area (Å²) in [5, 5.41) is 0. The van der Waals surface area contributed by atoms with Crippen LogP contribution in [0.25, 0.3) is 6.08 Å². The van der Waals surface area contributed by atoms with Gasteiger partial charge in [0.25, 0.3) is 0 Å². The van der Waals surface area contributed by atoms with Crippen LogP contribution in [0, 0.1) is 6.92 Å². The van der Waals surface area contributed by atoms with Gasteiger partial charge in [-0.15, -0.1) is 0 Å². The van der Waals surface area contributed by atoms with Crippen molar-refractivity contribution in [3.8, 4) is 11.5 Å². The van der Waals surface area contributed by atoms with E-state index >= 15 is 0 Å². The SMILES string of the molecule is COc1cc(/C=C/CN)cc(OC)c1C. The normalized spacial score (nSPS) is 10.7. The quantitative estimate of drug-likeness (QED) is 0.821. The third kappa shape index (κ3) is 2.73. The highest BCUT2D eigenvalue weighted by Gasteiger charge is 2.06. The summed E-state index contributed by atoms with van der Waals surface area (Å²) in [4.78, 5) is 0. The maximum atomic E-state index is 5.40. The van der Waals surface area contributed by atoms with Gasteiger partial charge in [0.15, 0.2) is 0 Å². The smallest absolute Gasteiger partial charge is 0.126 e. The van der Waals surface area contributed by atoms with Gasteiger partial charge in [0, 0.05) is 12.1 Å². The summed E-state index contributed by atoms with van der Waals surface area (Å²) in [5.74, 6) is 1.65. The number of hydrogen-bond donors (Lipinski definition) is 1. The Kier molecular flexibility index (Phi) is 4.18. The van der Waals surface area contributed by atoms with Crippen molar-refractivity contribution in [3.63, 3.8) is 0 Å². The molecule has 0 aliphatic carbocycles. The van der Waals surface area contributed by atoms with Gasteiger partial charge in [-0.05, 0) is 24.6 Å². The van der Waals surface area contributed by atoms with Gasteiger partial charge >= 0.3 is 0 Å². The largest absolute Gasteiger partial charge is 0.496 e. The van der Waals surface area contributed by atoms with Crippen LogP contribution in [0.15, 0.2) is 18.2 Å². The summed E-state index contributed by atoms with van der Waals surface area (Å²) in [5.41, 5.74) is 7.43. The molecule has 0 bridgehead atoms. The van der Waals surface area contributed by atoms with Gasteiger partial charge in [0.1, 0.15) is 11.5 Å². The van der Waals surface area contributed by atoms with Gasteiger partial charge in [-0.3, -0.25) is 0 Å². The number of benzene rings is 1. The predicted molar refractivity (Wildman–Crippen MR) is 62.4 cm³/mol. The van der Waals surface area contributed by atoms with E-state index in [0.29, 0.717) is 6.54 Å². The Labute approximate surface area is 90.5 Å². The van der Waals surface area contributed by atoms with Crippen molar-refractivity contribution in [1.29, 1.82) is 0 Å². The molecule has 1 aromatic rings. The van der Waals surface area contributed by atoms with Gasteiger partial charge in [-0.25, -0.2) is 0 Å². The topological polar surface area (TPSA) is 44.5 Å². The minimum Gasteiger partial charge on any atom is -0.496 e. The van der Waals surface area contributed by atoms with E-state index in [1.54, 1.807) is 14.2 Å². The average Bonchev–Trinajstić information content (AvgIpc) is 2.27. The molecule has 0 atom stereocenters. The fourth-order valence-corrected chi connectivity index (χ4v) is 1.41. The van der Waals surface area contributed by atoms with Crippen LogP contribution < -0.4 is 15.2 Å². The zero-order valence-corrected chi connectivity index (χ0v) is 9.41. The van der Waals surface area contributed by atoms with Crippen LogP contribution in [0.2, 0.25) is 0 Å². The third-order valence-electron chi connectivity index (χ3n) is 2.22. The molecule has 82 valence electrons. The predicted octanol–water partition coefficient (Wildman–Crippen LogP) is 1.98. The van der Waals surface area contributed by atoms with E-state index < -0.39 is 0 Å². The molecule has 0 aliphatic heterocycles. The zero-order chi connectivity index (χ0) is 11.3. The fraction of sp³-hybridized carbons (Fsp3) is 0.333. The molecular formula is C12H17NO2. The minimum absolute atomic E-state index is 0.526. The third-order valence-corrected chi connectivity index (χ3v) is 2.22. The number of nitrogens with two attached hydrogens (primary N) is 1. The van der Waals surface area contributed by atoms with Crippen molar-refractivity contribution in [2.24, 2.45) is 5.73 Å². The number of methoxy groups -OCH3 is 2. The highest BCUT2D eigenvalue weighted by atomic mass is 16.5. The van der Waals surface area contributed by atoms with Gasteiger partial charge in [0.2, 0.25) is 0 Å². The second kappa shape index (κ2) is 5.41. The summed E-state index contributed by atoms with van der Waals surface area (Å²) < 4.78 is 10.5. The molecule has 2 N–H and O–H groups in total. The minimum atomic E-state index is 0.526. The second-order valence-electron chi connectivity index (χ2n) is 3.19. The molecule has 0 amide bonds. The van der Waals surface area contributed by atoms with Crippen molar-refractivity contribution in [2.45, 2.75) is 6.92 Å². The zero-order valence-electron chi connectivity index (χ0n) is 9.41. The Morgan fingerprint density at radius 2 is 1.73 bits per heavy atom.